The summed E-state index contributed by atoms with van der Waals surface area (Å²) in [5, 5.41) is 0. The Balaban J connectivity index is 1.73. The van der Waals surface area contributed by atoms with Crippen LogP contribution in [0.15, 0.2) is 48.5 Å². The zero-order chi connectivity index (χ0) is 21.6. The second-order valence-electron chi connectivity index (χ2n) is 6.60. The summed E-state index contributed by atoms with van der Waals surface area (Å²) in [6, 6.07) is 15.1. The third kappa shape index (κ3) is 5.71. The van der Waals surface area contributed by atoms with Gasteiger partial charge in [0.1, 0.15) is 24.2 Å². The van der Waals surface area contributed by atoms with E-state index >= 15 is 0 Å². The third-order valence-corrected chi connectivity index (χ3v) is 5.45. The molecule has 2 aromatic rings. The molecule has 1 saturated heterocycles. The molecular formula is C21H24O8S. The predicted octanol–water partition coefficient (Wildman–Crippen LogP) is 2.80. The van der Waals surface area contributed by atoms with Gasteiger partial charge in [-0.1, -0.05) is 30.3 Å². The molecule has 1 fully saturated rings. The first kappa shape index (κ1) is 22.1. The maximum absolute atomic E-state index is 12.0. The Labute approximate surface area is 176 Å². The number of benzene rings is 2. The Bertz CT molecular complexity index is 958. The first-order valence-corrected chi connectivity index (χ1v) is 10.9. The number of rotatable bonds is 9. The molecule has 1 heterocycles. The van der Waals surface area contributed by atoms with Gasteiger partial charge in [0.05, 0.1) is 13.7 Å². The van der Waals surface area contributed by atoms with Gasteiger partial charge < -0.3 is 14.2 Å². The van der Waals surface area contributed by atoms with Crippen molar-refractivity contribution in [2.75, 3.05) is 13.7 Å². The van der Waals surface area contributed by atoms with Crippen LogP contribution in [0, 0.1) is 0 Å². The van der Waals surface area contributed by atoms with Crippen molar-refractivity contribution in [3.63, 3.8) is 0 Å². The lowest BCUT2D eigenvalue weighted by molar-refractivity contribution is -0.152. The second-order valence-corrected chi connectivity index (χ2v) is 7.80. The molecule has 30 heavy (non-hydrogen) atoms. The van der Waals surface area contributed by atoms with Crippen molar-refractivity contribution in [1.29, 1.82) is 0 Å². The minimum absolute atomic E-state index is 0.110. The Hall–Kier alpha value is -2.62. The summed E-state index contributed by atoms with van der Waals surface area (Å²) >= 11 is 0. The van der Waals surface area contributed by atoms with Crippen LogP contribution in [0.4, 0.5) is 0 Å². The molecular weight excluding hydrogens is 412 g/mol. The summed E-state index contributed by atoms with van der Waals surface area (Å²) < 4.78 is 49.3. The van der Waals surface area contributed by atoms with Crippen molar-refractivity contribution in [2.24, 2.45) is 0 Å². The van der Waals surface area contributed by atoms with Crippen molar-refractivity contribution in [3.8, 4) is 11.5 Å². The molecule has 1 aliphatic rings. The van der Waals surface area contributed by atoms with Crippen LogP contribution >= 0.6 is 0 Å². The molecule has 0 aromatic heterocycles. The van der Waals surface area contributed by atoms with Gasteiger partial charge >= 0.3 is 16.4 Å². The number of hydrogen-bond acceptors (Lipinski definition) is 8. The zero-order valence-electron chi connectivity index (χ0n) is 16.8. The number of methoxy groups -OCH3 is 1. The normalized spacial score (nSPS) is 19.9. The van der Waals surface area contributed by atoms with Crippen molar-refractivity contribution >= 4 is 16.4 Å². The zero-order valence-corrected chi connectivity index (χ0v) is 17.6. The summed E-state index contributed by atoms with van der Waals surface area (Å²) in [5.41, 5.74) is 1.81. The Morgan fingerprint density at radius 3 is 2.57 bits per heavy atom. The summed E-state index contributed by atoms with van der Waals surface area (Å²) in [5.74, 6) is 0.499. The molecule has 3 rings (SSSR count). The molecule has 0 unspecified atom stereocenters. The fraction of sp³-hybridized carbons (Fsp3) is 0.381. The van der Waals surface area contributed by atoms with E-state index in [9.17, 15) is 13.2 Å². The molecule has 0 amide bonds. The van der Waals surface area contributed by atoms with Crippen LogP contribution in [0.2, 0.25) is 0 Å². The lowest BCUT2D eigenvalue weighted by atomic mass is 10.0. The lowest BCUT2D eigenvalue weighted by Gasteiger charge is -2.16. The van der Waals surface area contributed by atoms with Crippen molar-refractivity contribution in [3.05, 3.63) is 59.7 Å². The second kappa shape index (κ2) is 9.92. The Kier molecular flexibility index (Phi) is 7.30. The minimum atomic E-state index is -4.24. The highest BCUT2D eigenvalue weighted by atomic mass is 32.3. The highest BCUT2D eigenvalue weighted by Gasteiger charge is 2.45. The smallest absolute Gasteiger partial charge is 0.401 e. The van der Waals surface area contributed by atoms with Gasteiger partial charge in [-0.05, 0) is 49.1 Å². The fourth-order valence-electron chi connectivity index (χ4n) is 3.08. The molecule has 0 spiro atoms. The summed E-state index contributed by atoms with van der Waals surface area (Å²) in [6.07, 6.45) is -1.73. The van der Waals surface area contributed by atoms with E-state index in [0.29, 0.717) is 24.5 Å². The van der Waals surface area contributed by atoms with Crippen molar-refractivity contribution < 1.29 is 35.8 Å². The van der Waals surface area contributed by atoms with Crippen LogP contribution in [0.3, 0.4) is 0 Å². The van der Waals surface area contributed by atoms with Crippen LogP contribution in [0.1, 0.15) is 24.5 Å². The van der Waals surface area contributed by atoms with E-state index < -0.39 is 28.6 Å². The summed E-state index contributed by atoms with van der Waals surface area (Å²) in [7, 11) is -2.68. The van der Waals surface area contributed by atoms with Crippen LogP contribution in [-0.4, -0.2) is 40.3 Å². The first-order chi connectivity index (χ1) is 14.4. The highest BCUT2D eigenvalue weighted by Crippen LogP contribution is 2.30. The number of hydrogen-bond donors (Lipinski definition) is 0. The van der Waals surface area contributed by atoms with Crippen LogP contribution in [0.5, 0.6) is 11.5 Å². The summed E-state index contributed by atoms with van der Waals surface area (Å²) in [6.45, 7) is 2.12. The molecule has 0 N–H and O–H groups in total. The van der Waals surface area contributed by atoms with Crippen LogP contribution in [-0.2, 0) is 41.3 Å². The topological polar surface area (TPSA) is 97.4 Å². The molecule has 0 saturated carbocycles. The van der Waals surface area contributed by atoms with E-state index in [0.717, 1.165) is 11.1 Å². The predicted molar refractivity (Wildman–Crippen MR) is 107 cm³/mol. The van der Waals surface area contributed by atoms with E-state index in [-0.39, 0.29) is 13.0 Å². The highest BCUT2D eigenvalue weighted by molar-refractivity contribution is 7.82. The van der Waals surface area contributed by atoms with Gasteiger partial charge in [-0.3, -0.25) is 0 Å². The maximum atomic E-state index is 12.0. The Morgan fingerprint density at radius 1 is 1.10 bits per heavy atom. The number of aryl methyl sites for hydroxylation is 1. The van der Waals surface area contributed by atoms with Gasteiger partial charge in [-0.2, -0.15) is 8.42 Å². The van der Waals surface area contributed by atoms with Gasteiger partial charge in [0.25, 0.3) is 0 Å². The lowest BCUT2D eigenvalue weighted by Crippen LogP contribution is -2.33. The molecule has 0 radical (unpaired) electrons. The molecule has 0 aliphatic carbocycles. The van der Waals surface area contributed by atoms with Crippen LogP contribution < -0.4 is 9.47 Å². The summed E-state index contributed by atoms with van der Waals surface area (Å²) in [4.78, 5) is 12.0. The standard InChI is InChI=1S/C21H24O8S/c1-3-26-21(22)20-19(28-30(23,24)29-20)11-9-16-13-17(25-2)10-12-18(16)27-14-15-7-5-4-6-8-15/h4-8,10,12-13,19-20H,3,9,11,14H2,1-2H3/t19-,20+/m1/s1. The molecule has 2 atom stereocenters. The average molecular weight is 436 g/mol. The number of carbonyl (C=O) groups excluding carboxylic acids is 1. The quantitative estimate of drug-likeness (QED) is 0.554. The van der Waals surface area contributed by atoms with Gasteiger partial charge in [-0.15, -0.1) is 0 Å². The SMILES string of the molecule is CCOC(=O)[C@H]1OS(=O)(=O)O[C@@H]1CCc1cc(OC)ccc1OCc1ccccc1. The van der Waals surface area contributed by atoms with Crippen molar-refractivity contribution in [1.82, 2.24) is 0 Å². The fourth-order valence-corrected chi connectivity index (χ4v) is 4.08. The number of carbonyl (C=O) groups is 1. The molecule has 162 valence electrons. The van der Waals surface area contributed by atoms with Crippen molar-refractivity contribution in [2.45, 2.75) is 38.6 Å². The third-order valence-electron chi connectivity index (χ3n) is 4.52. The van der Waals surface area contributed by atoms with Gasteiger partial charge in [0.15, 0.2) is 0 Å². The van der Waals surface area contributed by atoms with Gasteiger partial charge in [0, 0.05) is 0 Å². The average Bonchev–Trinajstić information content (AvgIpc) is 3.06. The number of esters is 1. The molecule has 0 bridgehead atoms. The maximum Gasteiger partial charge on any atom is 0.401 e. The van der Waals surface area contributed by atoms with E-state index in [1.807, 2.05) is 36.4 Å². The first-order valence-electron chi connectivity index (χ1n) is 9.53. The largest absolute Gasteiger partial charge is 0.497 e. The minimum Gasteiger partial charge on any atom is -0.497 e. The monoisotopic (exact) mass is 436 g/mol. The molecule has 1 aliphatic heterocycles. The molecule has 9 heteroatoms. The molecule has 2 aromatic carbocycles. The molecule has 8 nitrogen and oxygen atoms in total. The van der Waals surface area contributed by atoms with E-state index in [1.54, 1.807) is 26.2 Å². The Morgan fingerprint density at radius 2 is 1.87 bits per heavy atom. The van der Waals surface area contributed by atoms with Gasteiger partial charge in [0.2, 0.25) is 6.10 Å². The van der Waals surface area contributed by atoms with E-state index in [2.05, 4.69) is 0 Å². The van der Waals surface area contributed by atoms with E-state index in [1.165, 1.54) is 0 Å². The number of ether oxygens (including phenoxy) is 3. The van der Waals surface area contributed by atoms with Crippen LogP contribution in [0.25, 0.3) is 0 Å². The van der Waals surface area contributed by atoms with Gasteiger partial charge in [-0.25, -0.2) is 13.2 Å². The van der Waals surface area contributed by atoms with E-state index in [4.69, 9.17) is 22.6 Å².